The number of carbonyl (C=O) groups excluding carboxylic acids is 1. The number of hydrogen-bond acceptors (Lipinski definition) is 8. The fraction of sp³-hybridized carbons (Fsp3) is 0.200. The molecule has 0 aliphatic carbocycles. The lowest BCUT2D eigenvalue weighted by molar-refractivity contribution is -0.132. The average molecular weight is 428 g/mol. The first-order valence-corrected chi connectivity index (χ1v) is 9.19. The second kappa shape index (κ2) is 9.23. The molecule has 9 nitrogen and oxygen atoms in total. The number of aromatic nitrogens is 3. The van der Waals surface area contributed by atoms with Gasteiger partial charge < -0.3 is 18.9 Å². The van der Waals surface area contributed by atoms with Crippen molar-refractivity contribution >= 4 is 24.4 Å². The highest BCUT2D eigenvalue weighted by molar-refractivity contribution is 7.71. The van der Waals surface area contributed by atoms with Gasteiger partial charge in [0.15, 0.2) is 17.3 Å². The Morgan fingerprint density at radius 3 is 2.33 bits per heavy atom. The van der Waals surface area contributed by atoms with Gasteiger partial charge in [0.05, 0.1) is 33.1 Å². The second-order valence-corrected chi connectivity index (χ2v) is 6.34. The van der Waals surface area contributed by atoms with Crippen LogP contribution in [0.25, 0.3) is 11.4 Å². The zero-order chi connectivity index (χ0) is 21.7. The quantitative estimate of drug-likeness (QED) is 0.266. The van der Waals surface area contributed by atoms with Gasteiger partial charge in [-0.25, -0.2) is 5.10 Å². The van der Waals surface area contributed by atoms with Gasteiger partial charge in [-0.3, -0.25) is 4.79 Å². The molecule has 0 saturated heterocycles. The number of para-hydroxylation sites is 1. The third-order valence-corrected chi connectivity index (χ3v) is 4.31. The van der Waals surface area contributed by atoms with E-state index in [9.17, 15) is 4.79 Å². The number of aromatic amines is 1. The Hall–Kier alpha value is -3.66. The van der Waals surface area contributed by atoms with Gasteiger partial charge in [-0.2, -0.15) is 14.9 Å². The lowest BCUT2D eigenvalue weighted by Crippen LogP contribution is -2.05. The molecule has 0 bridgehead atoms. The molecule has 30 heavy (non-hydrogen) atoms. The number of nitrogens with one attached hydrogen (secondary N) is 1. The van der Waals surface area contributed by atoms with Crippen molar-refractivity contribution in [2.45, 2.75) is 6.92 Å². The zero-order valence-electron chi connectivity index (χ0n) is 16.8. The van der Waals surface area contributed by atoms with Crippen molar-refractivity contribution in [3.63, 3.8) is 0 Å². The van der Waals surface area contributed by atoms with E-state index in [-0.39, 0.29) is 5.75 Å². The Kier molecular flexibility index (Phi) is 6.48. The maximum atomic E-state index is 11.4. The van der Waals surface area contributed by atoms with Crippen LogP contribution in [0.3, 0.4) is 0 Å². The Labute approximate surface area is 177 Å². The Bertz CT molecular complexity index is 1130. The topological polar surface area (TPSA) is 100.0 Å². The van der Waals surface area contributed by atoms with Gasteiger partial charge in [-0.05, 0) is 36.5 Å². The van der Waals surface area contributed by atoms with Crippen LogP contribution in [0.2, 0.25) is 0 Å². The third kappa shape index (κ3) is 4.33. The number of carbonyl (C=O) groups is 1. The van der Waals surface area contributed by atoms with Gasteiger partial charge in [0, 0.05) is 12.5 Å². The normalized spacial score (nSPS) is 10.8. The summed E-state index contributed by atoms with van der Waals surface area (Å²) in [5, 5.41) is 11.5. The largest absolute Gasteiger partial charge is 0.496 e. The molecule has 1 heterocycles. The minimum Gasteiger partial charge on any atom is -0.496 e. The first kappa shape index (κ1) is 21.1. The minimum absolute atomic E-state index is 0.194. The third-order valence-electron chi connectivity index (χ3n) is 4.05. The number of methoxy groups -OCH3 is 3. The first-order chi connectivity index (χ1) is 14.5. The lowest BCUT2D eigenvalue weighted by Gasteiger charge is -2.13. The Morgan fingerprint density at radius 1 is 1.10 bits per heavy atom. The summed E-state index contributed by atoms with van der Waals surface area (Å²) < 4.78 is 23.1. The molecular weight excluding hydrogens is 408 g/mol. The van der Waals surface area contributed by atoms with Gasteiger partial charge in [-0.1, -0.05) is 12.1 Å². The molecule has 0 spiro atoms. The molecule has 0 aliphatic heterocycles. The van der Waals surface area contributed by atoms with Gasteiger partial charge in [-0.15, -0.1) is 0 Å². The standard InChI is InChI=1S/C20H20N4O5S/c1-12(25)29-18-16(27-3)9-13(10-17(18)28-4)11-21-24-19(22-23-20(24)30)14-7-5-6-8-15(14)26-2/h5-11H,1-4H3,(H,23,30)/b21-11-. The monoisotopic (exact) mass is 428 g/mol. The van der Waals surface area contributed by atoms with Crippen LogP contribution in [0.4, 0.5) is 0 Å². The molecule has 3 rings (SSSR count). The minimum atomic E-state index is -0.487. The summed E-state index contributed by atoms with van der Waals surface area (Å²) >= 11 is 5.32. The summed E-state index contributed by atoms with van der Waals surface area (Å²) in [5.41, 5.74) is 1.36. The van der Waals surface area contributed by atoms with Crippen LogP contribution in [-0.4, -0.2) is 48.4 Å². The van der Waals surface area contributed by atoms with E-state index in [1.807, 2.05) is 24.3 Å². The maximum Gasteiger partial charge on any atom is 0.308 e. The molecule has 0 atom stereocenters. The molecule has 0 radical (unpaired) electrons. The number of rotatable bonds is 7. The van der Waals surface area contributed by atoms with Crippen molar-refractivity contribution in [1.82, 2.24) is 14.9 Å². The fourth-order valence-electron chi connectivity index (χ4n) is 2.75. The number of H-pyrrole nitrogens is 1. The van der Waals surface area contributed by atoms with Crippen LogP contribution >= 0.6 is 12.2 Å². The van der Waals surface area contributed by atoms with Gasteiger partial charge in [0.2, 0.25) is 10.5 Å². The summed E-state index contributed by atoms with van der Waals surface area (Å²) in [6, 6.07) is 10.7. The van der Waals surface area contributed by atoms with Crippen molar-refractivity contribution in [2.24, 2.45) is 5.10 Å². The van der Waals surface area contributed by atoms with Crippen LogP contribution in [0.15, 0.2) is 41.5 Å². The van der Waals surface area contributed by atoms with E-state index < -0.39 is 5.97 Å². The van der Waals surface area contributed by atoms with E-state index in [2.05, 4.69) is 15.3 Å². The molecular formula is C20H20N4O5S. The van der Waals surface area contributed by atoms with Crippen molar-refractivity contribution in [1.29, 1.82) is 0 Å². The van der Waals surface area contributed by atoms with Crippen molar-refractivity contribution in [3.05, 3.63) is 46.7 Å². The van der Waals surface area contributed by atoms with E-state index in [0.717, 1.165) is 5.56 Å². The van der Waals surface area contributed by atoms with E-state index >= 15 is 0 Å². The molecule has 0 saturated carbocycles. The van der Waals surface area contributed by atoms with E-state index in [1.54, 1.807) is 25.5 Å². The first-order valence-electron chi connectivity index (χ1n) is 8.78. The molecule has 10 heteroatoms. The smallest absolute Gasteiger partial charge is 0.308 e. The summed E-state index contributed by atoms with van der Waals surface area (Å²) in [6.07, 6.45) is 1.56. The van der Waals surface area contributed by atoms with Gasteiger partial charge in [0.25, 0.3) is 0 Å². The van der Waals surface area contributed by atoms with E-state index in [1.165, 1.54) is 25.8 Å². The maximum absolute atomic E-state index is 11.4. The van der Waals surface area contributed by atoms with Crippen LogP contribution in [0, 0.1) is 4.77 Å². The molecule has 2 aromatic carbocycles. The number of esters is 1. The predicted octanol–water partition coefficient (Wildman–Crippen LogP) is 3.44. The highest BCUT2D eigenvalue weighted by Crippen LogP contribution is 2.38. The van der Waals surface area contributed by atoms with Crippen LogP contribution in [0.1, 0.15) is 12.5 Å². The number of benzene rings is 2. The molecule has 0 amide bonds. The summed E-state index contributed by atoms with van der Waals surface area (Å²) in [4.78, 5) is 11.4. The van der Waals surface area contributed by atoms with Crippen LogP contribution < -0.4 is 18.9 Å². The van der Waals surface area contributed by atoms with Gasteiger partial charge >= 0.3 is 5.97 Å². The van der Waals surface area contributed by atoms with Gasteiger partial charge in [0.1, 0.15) is 5.75 Å². The summed E-state index contributed by atoms with van der Waals surface area (Å²) in [7, 11) is 4.51. The number of nitrogens with zero attached hydrogens (tertiary/aromatic N) is 3. The van der Waals surface area contributed by atoms with Crippen molar-refractivity contribution in [3.8, 4) is 34.4 Å². The summed E-state index contributed by atoms with van der Waals surface area (Å²) in [6.45, 7) is 1.30. The molecule has 156 valence electrons. The van der Waals surface area contributed by atoms with Crippen molar-refractivity contribution < 1.29 is 23.7 Å². The van der Waals surface area contributed by atoms with Crippen molar-refractivity contribution in [2.75, 3.05) is 21.3 Å². The molecule has 1 N–H and O–H groups in total. The predicted molar refractivity (Wildman–Crippen MR) is 113 cm³/mol. The van der Waals surface area contributed by atoms with Crippen LogP contribution in [-0.2, 0) is 4.79 Å². The van der Waals surface area contributed by atoms with Crippen LogP contribution in [0.5, 0.6) is 23.0 Å². The fourth-order valence-corrected chi connectivity index (χ4v) is 2.93. The summed E-state index contributed by atoms with van der Waals surface area (Å²) in [5.74, 6) is 1.48. The van der Waals surface area contributed by atoms with E-state index in [4.69, 9.17) is 31.2 Å². The lowest BCUT2D eigenvalue weighted by atomic mass is 10.2. The molecule has 3 aromatic rings. The van der Waals surface area contributed by atoms with E-state index in [0.29, 0.717) is 33.4 Å². The Balaban J connectivity index is 2.04. The zero-order valence-corrected chi connectivity index (χ0v) is 17.6. The molecule has 0 fully saturated rings. The number of ether oxygens (including phenoxy) is 4. The molecule has 1 aromatic heterocycles. The Morgan fingerprint density at radius 2 is 1.73 bits per heavy atom. The molecule has 0 unspecified atom stereocenters. The number of hydrogen-bond donors (Lipinski definition) is 1. The molecule has 0 aliphatic rings. The SMILES string of the molecule is COc1ccccc1-c1n[nH]c(=S)n1/N=C\c1cc(OC)c(OC(C)=O)c(OC)c1. The highest BCUT2D eigenvalue weighted by Gasteiger charge is 2.16. The second-order valence-electron chi connectivity index (χ2n) is 5.96. The average Bonchev–Trinajstić information content (AvgIpc) is 3.12. The highest BCUT2D eigenvalue weighted by atomic mass is 32.1.